The van der Waals surface area contributed by atoms with E-state index in [1.54, 1.807) is 18.2 Å². The van der Waals surface area contributed by atoms with Crippen molar-refractivity contribution >= 4 is 23.7 Å². The quantitative estimate of drug-likeness (QED) is 0.456. The molecule has 8 nitrogen and oxygen atoms in total. The summed E-state index contributed by atoms with van der Waals surface area (Å²) in [5, 5.41) is 9.15. The summed E-state index contributed by atoms with van der Waals surface area (Å²) < 4.78 is 95.1. The second kappa shape index (κ2) is 9.95. The summed E-state index contributed by atoms with van der Waals surface area (Å²) in [6.45, 7) is -4.17. The van der Waals surface area contributed by atoms with Gasteiger partial charge in [0.15, 0.2) is 5.82 Å². The molecule has 3 rings (SSSR count). The highest BCUT2D eigenvalue weighted by Gasteiger charge is 2.48. The lowest BCUT2D eigenvalue weighted by Gasteiger charge is -2.35. The van der Waals surface area contributed by atoms with Crippen LogP contribution in [0.4, 0.5) is 36.8 Å². The first kappa shape index (κ1) is 26.6. The van der Waals surface area contributed by atoms with Gasteiger partial charge in [0.1, 0.15) is 24.6 Å². The van der Waals surface area contributed by atoms with Crippen LogP contribution in [0.2, 0.25) is 0 Å². The van der Waals surface area contributed by atoms with E-state index in [1.807, 2.05) is 0 Å². The lowest BCUT2D eigenvalue weighted by atomic mass is 9.94. The van der Waals surface area contributed by atoms with Gasteiger partial charge >= 0.3 is 24.1 Å². The molecule has 0 spiro atoms. The van der Waals surface area contributed by atoms with Gasteiger partial charge in [-0.15, -0.1) is 0 Å². The minimum Gasteiger partial charge on any atom is -0.487 e. The number of carbonyl (C=O) groups is 3. The van der Waals surface area contributed by atoms with E-state index in [0.717, 1.165) is 7.11 Å². The Balaban J connectivity index is 2.24. The second-order valence-corrected chi connectivity index (χ2v) is 7.65. The van der Waals surface area contributed by atoms with Crippen molar-refractivity contribution in [1.29, 1.82) is 0 Å². The summed E-state index contributed by atoms with van der Waals surface area (Å²) in [4.78, 5) is 35.1. The maximum Gasteiger partial charge on any atom is 0.471 e. The summed E-state index contributed by atoms with van der Waals surface area (Å²) in [6.07, 6.45) is -7.44. The van der Waals surface area contributed by atoms with Crippen LogP contribution < -0.4 is 9.64 Å². The first-order valence-corrected chi connectivity index (χ1v) is 10.1. The van der Waals surface area contributed by atoms with E-state index in [2.05, 4.69) is 4.74 Å². The van der Waals surface area contributed by atoms with Gasteiger partial charge in [-0.25, -0.2) is 9.18 Å². The first-order chi connectivity index (χ1) is 16.8. The van der Waals surface area contributed by atoms with E-state index in [1.165, 1.54) is 12.1 Å². The zero-order valence-electron chi connectivity index (χ0n) is 18.4. The predicted octanol–water partition coefficient (Wildman–Crippen LogP) is 4.06. The van der Waals surface area contributed by atoms with Gasteiger partial charge in [0.2, 0.25) is 0 Å². The average molecular weight is 520 g/mol. The molecule has 0 aliphatic carbocycles. The summed E-state index contributed by atoms with van der Waals surface area (Å²) >= 11 is 0. The molecule has 0 radical (unpaired) electrons. The topological polar surface area (TPSA) is 96.4 Å². The van der Waals surface area contributed by atoms with Gasteiger partial charge in [0.25, 0.3) is 5.92 Å². The number of rotatable bonds is 6. The molecule has 0 saturated heterocycles. The van der Waals surface area contributed by atoms with Crippen LogP contribution in [0.5, 0.6) is 5.75 Å². The molecule has 0 saturated carbocycles. The zero-order valence-corrected chi connectivity index (χ0v) is 18.4. The molecular formula is C22H18F6N2O6. The van der Waals surface area contributed by atoms with Crippen molar-refractivity contribution in [2.45, 2.75) is 25.3 Å². The molecule has 0 aromatic heterocycles. The van der Waals surface area contributed by atoms with E-state index >= 15 is 4.39 Å². The number of amides is 2. The highest BCUT2D eigenvalue weighted by molar-refractivity contribution is 6.02. The number of carbonyl (C=O) groups excluding carboxylic acids is 2. The number of esters is 1. The highest BCUT2D eigenvalue weighted by atomic mass is 19.4. The van der Waals surface area contributed by atoms with Crippen molar-refractivity contribution in [3.8, 4) is 5.75 Å². The van der Waals surface area contributed by atoms with Crippen LogP contribution in [0.15, 0.2) is 36.4 Å². The number of nitrogens with zero attached hydrogens (tertiary/aromatic N) is 2. The van der Waals surface area contributed by atoms with Crippen molar-refractivity contribution in [1.82, 2.24) is 4.90 Å². The van der Waals surface area contributed by atoms with Gasteiger partial charge < -0.3 is 14.6 Å². The minimum absolute atomic E-state index is 0.163. The van der Waals surface area contributed by atoms with Crippen LogP contribution in [0.1, 0.15) is 16.7 Å². The summed E-state index contributed by atoms with van der Waals surface area (Å²) in [5.74, 6) is -10.7. The summed E-state index contributed by atoms with van der Waals surface area (Å²) in [7, 11) is 0.805. The molecule has 0 unspecified atom stereocenters. The number of fused-ring (bicyclic) bond motifs is 1. The van der Waals surface area contributed by atoms with Gasteiger partial charge in [0, 0.05) is 11.1 Å². The van der Waals surface area contributed by atoms with Crippen molar-refractivity contribution in [2.75, 3.05) is 25.1 Å². The van der Waals surface area contributed by atoms with Gasteiger partial charge in [-0.1, -0.05) is 30.3 Å². The van der Waals surface area contributed by atoms with Gasteiger partial charge in [-0.05, 0) is 11.6 Å². The zero-order chi connectivity index (χ0) is 26.8. The minimum atomic E-state index is -5.61. The Morgan fingerprint density at radius 1 is 1.17 bits per heavy atom. The van der Waals surface area contributed by atoms with Crippen LogP contribution in [-0.4, -0.2) is 54.4 Å². The van der Waals surface area contributed by atoms with E-state index in [4.69, 9.17) is 9.84 Å². The lowest BCUT2D eigenvalue weighted by molar-refractivity contribution is -0.171. The molecule has 2 amide bonds. The number of hydrogen-bond acceptors (Lipinski definition) is 5. The largest absolute Gasteiger partial charge is 0.487 e. The van der Waals surface area contributed by atoms with E-state index in [-0.39, 0.29) is 9.80 Å². The van der Waals surface area contributed by atoms with Gasteiger partial charge in [-0.2, -0.15) is 22.0 Å². The molecule has 14 heteroatoms. The molecule has 1 aliphatic rings. The smallest absolute Gasteiger partial charge is 0.471 e. The molecule has 2 aromatic rings. The van der Waals surface area contributed by atoms with Crippen LogP contribution >= 0.6 is 0 Å². The fourth-order valence-electron chi connectivity index (χ4n) is 3.54. The Kier molecular flexibility index (Phi) is 7.36. The molecular weight excluding hydrogens is 502 g/mol. The molecule has 2 aromatic carbocycles. The molecule has 0 fully saturated rings. The van der Waals surface area contributed by atoms with Crippen LogP contribution in [0.3, 0.4) is 0 Å². The lowest BCUT2D eigenvalue weighted by Crippen LogP contribution is -2.46. The van der Waals surface area contributed by atoms with Crippen molar-refractivity contribution in [3.63, 3.8) is 0 Å². The Morgan fingerprint density at radius 2 is 1.81 bits per heavy atom. The van der Waals surface area contributed by atoms with E-state index in [9.17, 15) is 36.3 Å². The number of ether oxygens (including phenoxy) is 2. The predicted molar refractivity (Wildman–Crippen MR) is 110 cm³/mol. The van der Waals surface area contributed by atoms with Crippen molar-refractivity contribution < 1.29 is 55.3 Å². The standard InChI is InChI=1S/C22H18F6N2O6/c1-35-16(31)9-30(19(32)22(26,27)28)18-15(36-10-12-5-3-2-4-6-12)7-14-13(17(18)23)8-29(20(33)34)11-21(14,24)25/h2-7H,8-11H2,1H3,(H,33,34). The highest BCUT2D eigenvalue weighted by Crippen LogP contribution is 2.45. The maximum absolute atomic E-state index is 15.7. The van der Waals surface area contributed by atoms with Crippen LogP contribution in [-0.2, 0) is 33.4 Å². The van der Waals surface area contributed by atoms with Gasteiger partial charge in [-0.3, -0.25) is 19.4 Å². The van der Waals surface area contributed by atoms with E-state index < -0.39 is 84.7 Å². The number of benzene rings is 2. The third-order valence-corrected chi connectivity index (χ3v) is 5.22. The summed E-state index contributed by atoms with van der Waals surface area (Å²) in [6, 6.07) is 8.41. The molecule has 36 heavy (non-hydrogen) atoms. The summed E-state index contributed by atoms with van der Waals surface area (Å²) in [5.41, 5.74) is -2.84. The number of carboxylic acid groups (broad SMARTS) is 1. The molecule has 0 atom stereocenters. The van der Waals surface area contributed by atoms with Crippen molar-refractivity contribution in [3.05, 3.63) is 58.9 Å². The second-order valence-electron chi connectivity index (χ2n) is 7.65. The fraction of sp³-hybridized carbons (Fsp3) is 0.318. The number of hydrogen-bond donors (Lipinski definition) is 1. The first-order valence-electron chi connectivity index (χ1n) is 10.1. The van der Waals surface area contributed by atoms with Crippen LogP contribution in [0.25, 0.3) is 0 Å². The number of alkyl halides is 5. The average Bonchev–Trinajstić information content (AvgIpc) is 2.81. The number of methoxy groups -OCH3 is 1. The number of anilines is 1. The molecule has 1 N–H and O–H groups in total. The fourth-order valence-corrected chi connectivity index (χ4v) is 3.54. The van der Waals surface area contributed by atoms with E-state index in [0.29, 0.717) is 11.6 Å². The Morgan fingerprint density at radius 3 is 2.36 bits per heavy atom. The molecule has 1 aliphatic heterocycles. The third kappa shape index (κ3) is 5.47. The molecule has 0 bridgehead atoms. The van der Waals surface area contributed by atoms with Crippen LogP contribution in [0, 0.1) is 5.82 Å². The molecule has 1 heterocycles. The third-order valence-electron chi connectivity index (χ3n) is 5.22. The Labute approximate surface area is 199 Å². The maximum atomic E-state index is 15.7. The monoisotopic (exact) mass is 520 g/mol. The Hall–Kier alpha value is -3.97. The normalized spacial score (nSPS) is 14.6. The molecule has 194 valence electrons. The Bertz CT molecular complexity index is 1170. The van der Waals surface area contributed by atoms with Crippen molar-refractivity contribution in [2.24, 2.45) is 0 Å². The number of halogens is 6. The SMILES string of the molecule is COC(=O)CN(C(=O)C(F)(F)F)c1c(OCc2ccccc2)cc2c(c1F)CN(C(=O)O)CC2(F)F. The van der Waals surface area contributed by atoms with Gasteiger partial charge in [0.05, 0.1) is 20.2 Å².